The van der Waals surface area contributed by atoms with Gasteiger partial charge < -0.3 is 9.64 Å². The van der Waals surface area contributed by atoms with E-state index in [1.807, 2.05) is 0 Å². The maximum atomic E-state index is 5.78. The van der Waals surface area contributed by atoms with E-state index in [1.165, 1.54) is 9.60 Å². The number of hydrogen-bond donors (Lipinski definition) is 0. The second kappa shape index (κ2) is 5.31. The van der Waals surface area contributed by atoms with Gasteiger partial charge in [0, 0.05) is 18.0 Å². The summed E-state index contributed by atoms with van der Waals surface area (Å²) in [6.45, 7) is 6.11. The average molecular weight is 294 g/mol. The highest BCUT2D eigenvalue weighted by Crippen LogP contribution is 2.32. The maximum absolute atomic E-state index is 5.78. The van der Waals surface area contributed by atoms with Crippen LogP contribution in [0.5, 0.6) is 0 Å². The highest BCUT2D eigenvalue weighted by molar-refractivity contribution is 7.98. The van der Waals surface area contributed by atoms with E-state index < -0.39 is 0 Å². The lowest BCUT2D eigenvalue weighted by Gasteiger charge is -2.35. The number of thiazole rings is 1. The second-order valence-electron chi connectivity index (χ2n) is 4.99. The number of nitrogens with zero attached hydrogens (tertiary/aromatic N) is 2. The Hall–Kier alpha value is -0.780. The average Bonchev–Trinajstić information content (AvgIpc) is 2.80. The normalized spacial score (nSPS) is 24.1. The lowest BCUT2D eigenvalue weighted by atomic mass is 10.2. The maximum Gasteiger partial charge on any atom is 0.186 e. The predicted octanol–water partition coefficient (Wildman–Crippen LogP) is 3.63. The molecule has 1 aliphatic heterocycles. The van der Waals surface area contributed by atoms with Gasteiger partial charge in [0.25, 0.3) is 0 Å². The third-order valence-electron chi connectivity index (χ3n) is 3.27. The molecular weight excluding hydrogens is 276 g/mol. The summed E-state index contributed by atoms with van der Waals surface area (Å²) in [4.78, 5) is 8.41. The molecule has 0 bridgehead atoms. The fourth-order valence-corrected chi connectivity index (χ4v) is 4.03. The van der Waals surface area contributed by atoms with Crippen LogP contribution < -0.4 is 4.90 Å². The van der Waals surface area contributed by atoms with Crippen LogP contribution in [0.3, 0.4) is 0 Å². The Balaban J connectivity index is 1.92. The van der Waals surface area contributed by atoms with Gasteiger partial charge in [0.2, 0.25) is 0 Å². The van der Waals surface area contributed by atoms with E-state index in [4.69, 9.17) is 9.72 Å². The minimum atomic E-state index is 0.275. The second-order valence-corrected chi connectivity index (χ2v) is 6.88. The number of morpholine rings is 1. The van der Waals surface area contributed by atoms with E-state index in [2.05, 4.69) is 43.2 Å². The molecule has 0 amide bonds. The fraction of sp³-hybridized carbons (Fsp3) is 0.500. The molecule has 1 fully saturated rings. The minimum absolute atomic E-state index is 0.275. The Morgan fingerprint density at radius 1 is 1.32 bits per heavy atom. The quantitative estimate of drug-likeness (QED) is 0.790. The van der Waals surface area contributed by atoms with E-state index in [0.29, 0.717) is 0 Å². The molecule has 102 valence electrons. The van der Waals surface area contributed by atoms with Crippen molar-refractivity contribution in [3.63, 3.8) is 0 Å². The van der Waals surface area contributed by atoms with E-state index in [9.17, 15) is 0 Å². The van der Waals surface area contributed by atoms with Gasteiger partial charge in [0.1, 0.15) is 0 Å². The summed E-state index contributed by atoms with van der Waals surface area (Å²) in [6.07, 6.45) is 2.66. The first-order chi connectivity index (χ1) is 9.15. The largest absolute Gasteiger partial charge is 0.372 e. The van der Waals surface area contributed by atoms with Crippen LogP contribution >= 0.6 is 23.1 Å². The van der Waals surface area contributed by atoms with E-state index >= 15 is 0 Å². The predicted molar refractivity (Wildman–Crippen MR) is 83.6 cm³/mol. The summed E-state index contributed by atoms with van der Waals surface area (Å²) in [5.41, 5.74) is 1.10. The van der Waals surface area contributed by atoms with Crippen LogP contribution in [0.15, 0.2) is 23.1 Å². The van der Waals surface area contributed by atoms with Crippen molar-refractivity contribution in [1.82, 2.24) is 4.98 Å². The lowest BCUT2D eigenvalue weighted by molar-refractivity contribution is -0.00521. The standard InChI is InChI=1S/C14H18N2OS2/c1-9-7-16(8-10(2)17-9)14-15-12-5-4-11(18-3)6-13(12)19-14/h4-6,9-10H,7-8H2,1-3H3. The number of fused-ring (bicyclic) bond motifs is 1. The molecule has 1 aromatic carbocycles. The molecule has 3 rings (SSSR count). The summed E-state index contributed by atoms with van der Waals surface area (Å²) in [5, 5.41) is 1.12. The van der Waals surface area contributed by atoms with Gasteiger partial charge in [0.15, 0.2) is 5.13 Å². The third kappa shape index (κ3) is 2.73. The molecule has 1 aliphatic rings. The molecule has 0 radical (unpaired) electrons. The topological polar surface area (TPSA) is 25.4 Å². The van der Waals surface area contributed by atoms with Crippen molar-refractivity contribution in [2.75, 3.05) is 24.2 Å². The number of aromatic nitrogens is 1. The molecule has 2 heterocycles. The summed E-state index contributed by atoms with van der Waals surface area (Å²) >= 11 is 3.56. The third-order valence-corrected chi connectivity index (χ3v) is 5.08. The summed E-state index contributed by atoms with van der Waals surface area (Å²) in [7, 11) is 0. The summed E-state index contributed by atoms with van der Waals surface area (Å²) < 4.78 is 7.05. The van der Waals surface area contributed by atoms with Crippen molar-refractivity contribution in [3.05, 3.63) is 18.2 Å². The number of thioether (sulfide) groups is 1. The van der Waals surface area contributed by atoms with E-state index in [1.54, 1.807) is 23.1 Å². The lowest BCUT2D eigenvalue weighted by Crippen LogP contribution is -2.45. The fourth-order valence-electron chi connectivity index (χ4n) is 2.49. The van der Waals surface area contributed by atoms with Crippen LogP contribution in [0.25, 0.3) is 10.2 Å². The molecular formula is C14H18N2OS2. The number of hydrogen-bond acceptors (Lipinski definition) is 5. The van der Waals surface area contributed by atoms with Crippen molar-refractivity contribution in [2.45, 2.75) is 31.0 Å². The molecule has 19 heavy (non-hydrogen) atoms. The first kappa shape index (κ1) is 13.2. The van der Waals surface area contributed by atoms with Crippen LogP contribution in [0, 0.1) is 0 Å². The monoisotopic (exact) mass is 294 g/mol. The van der Waals surface area contributed by atoms with E-state index in [-0.39, 0.29) is 12.2 Å². The highest BCUT2D eigenvalue weighted by Gasteiger charge is 2.24. The Labute approximate surface area is 122 Å². The van der Waals surface area contributed by atoms with Gasteiger partial charge in [-0.05, 0) is 38.3 Å². The Morgan fingerprint density at radius 2 is 2.05 bits per heavy atom. The van der Waals surface area contributed by atoms with Gasteiger partial charge in [-0.3, -0.25) is 0 Å². The number of benzene rings is 1. The Morgan fingerprint density at radius 3 is 2.74 bits per heavy atom. The van der Waals surface area contributed by atoms with Crippen LogP contribution in [0.1, 0.15) is 13.8 Å². The zero-order chi connectivity index (χ0) is 13.4. The zero-order valence-corrected chi connectivity index (χ0v) is 13.1. The molecule has 0 saturated carbocycles. The number of anilines is 1. The van der Waals surface area contributed by atoms with Crippen LogP contribution in [-0.4, -0.2) is 36.5 Å². The number of ether oxygens (including phenoxy) is 1. The van der Waals surface area contributed by atoms with Gasteiger partial charge >= 0.3 is 0 Å². The molecule has 0 spiro atoms. The van der Waals surface area contributed by atoms with Crippen molar-refractivity contribution in [3.8, 4) is 0 Å². The van der Waals surface area contributed by atoms with Crippen molar-refractivity contribution < 1.29 is 4.74 Å². The summed E-state index contributed by atoms with van der Waals surface area (Å²) in [6, 6.07) is 6.49. The van der Waals surface area contributed by atoms with Crippen molar-refractivity contribution in [2.24, 2.45) is 0 Å². The zero-order valence-electron chi connectivity index (χ0n) is 11.4. The molecule has 1 aromatic heterocycles. The van der Waals surface area contributed by atoms with Gasteiger partial charge in [-0.2, -0.15) is 0 Å². The Bertz CT molecular complexity index is 574. The Kier molecular flexibility index (Phi) is 3.69. The smallest absolute Gasteiger partial charge is 0.186 e. The van der Waals surface area contributed by atoms with Crippen LogP contribution in [0.2, 0.25) is 0 Å². The van der Waals surface area contributed by atoms with E-state index in [0.717, 1.165) is 23.7 Å². The number of rotatable bonds is 2. The molecule has 1 saturated heterocycles. The van der Waals surface area contributed by atoms with Gasteiger partial charge in [-0.1, -0.05) is 11.3 Å². The van der Waals surface area contributed by atoms with Crippen molar-refractivity contribution >= 4 is 38.4 Å². The molecule has 2 aromatic rings. The van der Waals surface area contributed by atoms with Crippen molar-refractivity contribution in [1.29, 1.82) is 0 Å². The highest BCUT2D eigenvalue weighted by atomic mass is 32.2. The van der Waals surface area contributed by atoms with Crippen LogP contribution in [0.4, 0.5) is 5.13 Å². The molecule has 0 N–H and O–H groups in total. The van der Waals surface area contributed by atoms with Crippen LogP contribution in [-0.2, 0) is 4.74 Å². The molecule has 2 atom stereocenters. The first-order valence-corrected chi connectivity index (χ1v) is 8.55. The molecule has 2 unspecified atom stereocenters. The van der Waals surface area contributed by atoms with Gasteiger partial charge in [-0.15, -0.1) is 11.8 Å². The minimum Gasteiger partial charge on any atom is -0.372 e. The van der Waals surface area contributed by atoms with Gasteiger partial charge in [0.05, 0.1) is 22.4 Å². The SMILES string of the molecule is CSc1ccc2nc(N3CC(C)OC(C)C3)sc2c1. The van der Waals surface area contributed by atoms with Gasteiger partial charge in [-0.25, -0.2) is 4.98 Å². The molecule has 5 heteroatoms. The molecule has 3 nitrogen and oxygen atoms in total. The molecule has 0 aliphatic carbocycles. The first-order valence-electron chi connectivity index (χ1n) is 6.50. The summed E-state index contributed by atoms with van der Waals surface area (Å²) in [5.74, 6) is 0.